The van der Waals surface area contributed by atoms with Crippen LogP contribution in [0.15, 0.2) is 29.1 Å². The predicted molar refractivity (Wildman–Crippen MR) is 95.0 cm³/mol. The lowest BCUT2D eigenvalue weighted by molar-refractivity contribution is -0.131. The molecule has 8 heteroatoms. The molecule has 7 nitrogen and oxygen atoms in total. The molecule has 1 N–H and O–H groups in total. The van der Waals surface area contributed by atoms with Crippen molar-refractivity contribution in [1.29, 1.82) is 0 Å². The summed E-state index contributed by atoms with van der Waals surface area (Å²) in [7, 11) is 1.57. The highest BCUT2D eigenvalue weighted by molar-refractivity contribution is 6.11. The van der Waals surface area contributed by atoms with Crippen LogP contribution in [0.3, 0.4) is 0 Å². The molecule has 2 aliphatic rings. The number of alkyl halides is 1. The summed E-state index contributed by atoms with van der Waals surface area (Å²) in [6, 6.07) is 5.14. The number of hydrogen-bond donors (Lipinski definition) is 1. The van der Waals surface area contributed by atoms with E-state index in [2.05, 4.69) is 5.32 Å². The smallest absolute Gasteiger partial charge is 0.310 e. The van der Waals surface area contributed by atoms with Crippen LogP contribution in [0, 0.1) is 0 Å². The highest BCUT2D eigenvalue weighted by Crippen LogP contribution is 2.29. The van der Waals surface area contributed by atoms with Gasteiger partial charge in [0.25, 0.3) is 0 Å². The van der Waals surface area contributed by atoms with Gasteiger partial charge in [0.15, 0.2) is 0 Å². The van der Waals surface area contributed by atoms with Crippen molar-refractivity contribution in [1.82, 2.24) is 14.6 Å². The number of imidazole rings is 1. The Morgan fingerprint density at radius 1 is 1.15 bits per heavy atom. The summed E-state index contributed by atoms with van der Waals surface area (Å²) < 4.78 is 16.9. The van der Waals surface area contributed by atoms with Crippen LogP contribution in [0.1, 0.15) is 24.8 Å². The zero-order valence-electron chi connectivity index (χ0n) is 14.4. The Labute approximate surface area is 148 Å². The number of benzene rings is 1. The number of rotatable bonds is 2. The third-order valence-corrected chi connectivity index (χ3v) is 4.94. The first-order valence-corrected chi connectivity index (χ1v) is 8.62. The Bertz CT molecular complexity index is 988. The highest BCUT2D eigenvalue weighted by Gasteiger charge is 2.32. The number of carbonyl (C=O) groups is 2. The molecule has 0 spiro atoms. The van der Waals surface area contributed by atoms with E-state index in [-0.39, 0.29) is 19.4 Å². The molecule has 2 amide bonds. The van der Waals surface area contributed by atoms with E-state index >= 15 is 0 Å². The Morgan fingerprint density at radius 2 is 1.88 bits per heavy atom. The quantitative estimate of drug-likeness (QED) is 0.807. The van der Waals surface area contributed by atoms with Crippen molar-refractivity contribution < 1.29 is 14.0 Å². The first-order valence-electron chi connectivity index (χ1n) is 8.62. The van der Waals surface area contributed by atoms with E-state index in [9.17, 15) is 18.8 Å². The first kappa shape index (κ1) is 16.7. The minimum Gasteiger partial charge on any atom is -0.310 e. The fourth-order valence-corrected chi connectivity index (χ4v) is 3.70. The lowest BCUT2D eigenvalue weighted by atomic mass is 9.97. The highest BCUT2D eigenvalue weighted by atomic mass is 19.1. The van der Waals surface area contributed by atoms with Gasteiger partial charge in [-0.2, -0.15) is 9.69 Å². The number of para-hydroxylation sites is 1. The molecule has 0 bridgehead atoms. The third kappa shape index (κ3) is 2.40. The monoisotopic (exact) mass is 358 g/mol. The van der Waals surface area contributed by atoms with Crippen LogP contribution < -0.4 is 16.0 Å². The molecular formula is C18H19FN4O3. The summed E-state index contributed by atoms with van der Waals surface area (Å²) in [5.74, 6) is -0.795. The molecule has 3 heterocycles. The second kappa shape index (κ2) is 6.21. The molecule has 4 rings (SSSR count). The molecule has 136 valence electrons. The van der Waals surface area contributed by atoms with Gasteiger partial charge in [-0.3, -0.25) is 14.2 Å². The van der Waals surface area contributed by atoms with Gasteiger partial charge in [0.2, 0.25) is 11.8 Å². The Morgan fingerprint density at radius 3 is 2.58 bits per heavy atom. The molecule has 1 unspecified atom stereocenters. The van der Waals surface area contributed by atoms with Crippen molar-refractivity contribution in [3.05, 3.63) is 40.3 Å². The van der Waals surface area contributed by atoms with Gasteiger partial charge in [0.05, 0.1) is 11.0 Å². The van der Waals surface area contributed by atoms with Crippen molar-refractivity contribution in [2.45, 2.75) is 25.4 Å². The van der Waals surface area contributed by atoms with Crippen molar-refractivity contribution in [3.63, 3.8) is 0 Å². The summed E-state index contributed by atoms with van der Waals surface area (Å²) in [4.78, 5) is 37.5. The number of fused-ring (bicyclic) bond motifs is 1. The van der Waals surface area contributed by atoms with Gasteiger partial charge in [0, 0.05) is 38.5 Å². The van der Waals surface area contributed by atoms with Gasteiger partial charge in [-0.1, -0.05) is 18.2 Å². The molecule has 2 aliphatic heterocycles. The predicted octanol–water partition coefficient (Wildman–Crippen LogP) is 0.840. The molecule has 1 aromatic carbocycles. The van der Waals surface area contributed by atoms with Crippen LogP contribution in [0.4, 0.5) is 4.39 Å². The van der Waals surface area contributed by atoms with Crippen LogP contribution in [0.25, 0.3) is 16.6 Å². The maximum Gasteiger partial charge on any atom is 0.348 e. The number of hydrogen-bond acceptors (Lipinski definition) is 4. The van der Waals surface area contributed by atoms with Crippen LogP contribution in [-0.2, 0) is 16.6 Å². The number of amides is 2. The molecule has 2 aromatic rings. The third-order valence-electron chi connectivity index (χ3n) is 4.94. The van der Waals surface area contributed by atoms with E-state index in [1.807, 2.05) is 0 Å². The molecule has 1 fully saturated rings. The van der Waals surface area contributed by atoms with Crippen LogP contribution in [0.5, 0.6) is 0 Å². The second-order valence-corrected chi connectivity index (χ2v) is 6.56. The number of nitrogens with zero attached hydrogens (tertiary/aromatic N) is 3. The van der Waals surface area contributed by atoms with E-state index in [0.717, 1.165) is 9.69 Å². The van der Waals surface area contributed by atoms with E-state index in [0.29, 0.717) is 35.1 Å². The fourth-order valence-electron chi connectivity index (χ4n) is 3.70. The zero-order valence-corrected chi connectivity index (χ0v) is 14.4. The lowest BCUT2D eigenvalue weighted by Crippen LogP contribution is -2.52. The van der Waals surface area contributed by atoms with E-state index < -0.39 is 23.7 Å². The first-order chi connectivity index (χ1) is 12.5. The van der Waals surface area contributed by atoms with Crippen molar-refractivity contribution in [3.8, 4) is 0 Å². The average molecular weight is 358 g/mol. The lowest BCUT2D eigenvalue weighted by Gasteiger charge is -2.25. The maximum atomic E-state index is 14.4. The van der Waals surface area contributed by atoms with Crippen LogP contribution in [0.2, 0.25) is 0 Å². The summed E-state index contributed by atoms with van der Waals surface area (Å²) in [5, 5.41) is 3.89. The molecular weight excluding hydrogens is 339 g/mol. The van der Waals surface area contributed by atoms with Gasteiger partial charge in [-0.15, -0.1) is 0 Å². The van der Waals surface area contributed by atoms with Gasteiger partial charge in [-0.25, -0.2) is 9.18 Å². The van der Waals surface area contributed by atoms with Gasteiger partial charge >= 0.3 is 5.69 Å². The summed E-state index contributed by atoms with van der Waals surface area (Å²) in [5.41, 5.74) is 1.55. The molecule has 1 atom stereocenters. The maximum absolute atomic E-state index is 14.4. The second-order valence-electron chi connectivity index (χ2n) is 6.56. The standard InChI is InChI=1S/C18H19FN4O3/c1-21-17-12(11-8-9-20-10-13(11)19)4-2-5-14(17)22(18(21)26)23-15(24)6-3-7-16(23)25/h2,4-5,8,13,20H,3,6-7,9-10H2,1H3. The number of imide groups is 1. The van der Waals surface area contributed by atoms with Crippen LogP contribution >= 0.6 is 0 Å². The average Bonchev–Trinajstić information content (AvgIpc) is 2.87. The molecule has 1 aromatic heterocycles. The number of halogens is 1. The summed E-state index contributed by atoms with van der Waals surface area (Å²) in [6.07, 6.45) is 1.51. The number of carbonyl (C=O) groups excluding carboxylic acids is 2. The van der Waals surface area contributed by atoms with Gasteiger partial charge < -0.3 is 5.32 Å². The zero-order chi connectivity index (χ0) is 18.4. The molecule has 0 radical (unpaired) electrons. The van der Waals surface area contributed by atoms with E-state index in [1.54, 1.807) is 31.3 Å². The van der Waals surface area contributed by atoms with Crippen molar-refractivity contribution in [2.24, 2.45) is 7.05 Å². The number of aromatic nitrogens is 2. The Balaban J connectivity index is 1.98. The SMILES string of the molecule is Cn1c(=O)n(N2C(=O)CCCC2=O)c2cccc(C3=CCNCC3F)c21. The van der Waals surface area contributed by atoms with Gasteiger partial charge in [-0.05, 0) is 18.1 Å². The number of piperidine rings is 1. The van der Waals surface area contributed by atoms with Gasteiger partial charge in [0.1, 0.15) is 6.17 Å². The van der Waals surface area contributed by atoms with Crippen molar-refractivity contribution >= 4 is 28.4 Å². The number of nitrogens with one attached hydrogen (secondary N) is 1. The minimum atomic E-state index is -1.19. The normalized spacial score (nSPS) is 21.4. The summed E-state index contributed by atoms with van der Waals surface area (Å²) >= 11 is 0. The van der Waals surface area contributed by atoms with Crippen molar-refractivity contribution in [2.75, 3.05) is 18.1 Å². The molecule has 0 aliphatic carbocycles. The van der Waals surface area contributed by atoms with E-state index in [4.69, 9.17) is 0 Å². The fraction of sp³-hybridized carbons (Fsp3) is 0.389. The largest absolute Gasteiger partial charge is 0.348 e. The Hall–Kier alpha value is -2.74. The topological polar surface area (TPSA) is 76.3 Å². The number of aryl methyl sites for hydroxylation is 1. The molecule has 26 heavy (non-hydrogen) atoms. The van der Waals surface area contributed by atoms with Crippen LogP contribution in [-0.4, -0.2) is 40.3 Å². The minimum absolute atomic E-state index is 0.208. The molecule has 1 saturated heterocycles. The van der Waals surface area contributed by atoms with E-state index in [1.165, 1.54) is 4.57 Å². The Kier molecular flexibility index (Phi) is 3.99. The summed E-state index contributed by atoms with van der Waals surface area (Å²) in [6.45, 7) is 0.754. The molecule has 0 saturated carbocycles.